The van der Waals surface area contributed by atoms with Gasteiger partial charge in [0.1, 0.15) is 0 Å². The van der Waals surface area contributed by atoms with Gasteiger partial charge in [-0.3, -0.25) is 14.4 Å². The molecule has 0 radical (unpaired) electrons. The minimum atomic E-state index is 0.130. The summed E-state index contributed by atoms with van der Waals surface area (Å²) in [4.78, 5) is 20.2. The number of rotatable bonds is 5. The van der Waals surface area contributed by atoms with Crippen LogP contribution in [0.3, 0.4) is 0 Å². The average Bonchev–Trinajstić information content (AvgIpc) is 3.31. The molecule has 1 amide bonds. The number of hydrogen-bond acceptors (Lipinski definition) is 5. The maximum atomic E-state index is 13.4. The number of aryl methyl sites for hydroxylation is 1. The van der Waals surface area contributed by atoms with E-state index in [4.69, 9.17) is 5.10 Å². The number of amides is 1. The minimum absolute atomic E-state index is 0.130. The third-order valence-corrected chi connectivity index (χ3v) is 7.20. The Morgan fingerprint density at radius 3 is 2.93 bits per heavy atom. The molecule has 3 heterocycles. The highest BCUT2D eigenvalue weighted by Crippen LogP contribution is 2.29. The lowest BCUT2D eigenvalue weighted by Crippen LogP contribution is -2.38. The Hall–Kier alpha value is -1.70. The van der Waals surface area contributed by atoms with Crippen LogP contribution in [0.2, 0.25) is 0 Å². The number of nitrogens with zero attached hydrogens (tertiary/aromatic N) is 5. The number of thiophene rings is 1. The fraction of sp³-hybridized carbons (Fsp3) is 0.636. The van der Waals surface area contributed by atoms with Crippen molar-refractivity contribution in [3.63, 3.8) is 0 Å². The first-order valence-corrected chi connectivity index (χ1v) is 11.8. The molecule has 158 valence electrons. The van der Waals surface area contributed by atoms with Crippen molar-refractivity contribution in [2.75, 3.05) is 40.3 Å². The van der Waals surface area contributed by atoms with Gasteiger partial charge in [-0.1, -0.05) is 0 Å². The summed E-state index contributed by atoms with van der Waals surface area (Å²) in [5, 5.41) is 9.17. The molecule has 29 heavy (non-hydrogen) atoms. The van der Waals surface area contributed by atoms with E-state index in [2.05, 4.69) is 52.3 Å². The van der Waals surface area contributed by atoms with Crippen LogP contribution < -0.4 is 0 Å². The molecule has 2 aromatic rings. The Balaban J connectivity index is 1.54. The van der Waals surface area contributed by atoms with Crippen molar-refractivity contribution in [1.82, 2.24) is 24.5 Å². The van der Waals surface area contributed by atoms with E-state index in [0.717, 1.165) is 65.0 Å². The van der Waals surface area contributed by atoms with Gasteiger partial charge in [-0.25, -0.2) is 0 Å². The highest BCUT2D eigenvalue weighted by molar-refractivity contribution is 7.07. The van der Waals surface area contributed by atoms with E-state index in [1.807, 2.05) is 4.90 Å². The van der Waals surface area contributed by atoms with Gasteiger partial charge in [-0.2, -0.15) is 16.4 Å². The summed E-state index contributed by atoms with van der Waals surface area (Å²) in [6.07, 6.45) is 4.09. The molecular weight excluding hydrogens is 382 g/mol. The molecule has 1 aliphatic heterocycles. The SMILES string of the molecule is CCn1nc(C(=O)N2CCCN(C)CC2)c2c1CCC(N(C)Cc1ccsc1)C2. The van der Waals surface area contributed by atoms with E-state index >= 15 is 0 Å². The van der Waals surface area contributed by atoms with Crippen LogP contribution >= 0.6 is 11.3 Å². The Morgan fingerprint density at radius 1 is 1.31 bits per heavy atom. The topological polar surface area (TPSA) is 44.6 Å². The average molecular weight is 416 g/mol. The van der Waals surface area contributed by atoms with Crippen molar-refractivity contribution in [2.24, 2.45) is 0 Å². The molecule has 0 N–H and O–H groups in total. The highest BCUT2D eigenvalue weighted by Gasteiger charge is 2.32. The number of likely N-dealkylation sites (N-methyl/N-ethyl adjacent to an activating group) is 2. The van der Waals surface area contributed by atoms with Crippen molar-refractivity contribution >= 4 is 17.2 Å². The Labute approximate surface area is 178 Å². The Bertz CT molecular complexity index is 831. The lowest BCUT2D eigenvalue weighted by Gasteiger charge is -2.31. The fourth-order valence-corrected chi connectivity index (χ4v) is 5.34. The predicted molar refractivity (Wildman–Crippen MR) is 118 cm³/mol. The van der Waals surface area contributed by atoms with Crippen molar-refractivity contribution < 1.29 is 4.79 Å². The van der Waals surface area contributed by atoms with Gasteiger partial charge in [-0.05, 0) is 75.6 Å². The van der Waals surface area contributed by atoms with Crippen molar-refractivity contribution in [3.8, 4) is 0 Å². The summed E-state index contributed by atoms with van der Waals surface area (Å²) in [7, 11) is 4.35. The van der Waals surface area contributed by atoms with Crippen LogP contribution in [0.5, 0.6) is 0 Å². The number of aromatic nitrogens is 2. The second-order valence-corrected chi connectivity index (χ2v) is 9.26. The molecule has 7 heteroatoms. The predicted octanol–water partition coefficient (Wildman–Crippen LogP) is 2.73. The second-order valence-electron chi connectivity index (χ2n) is 8.48. The van der Waals surface area contributed by atoms with Crippen molar-refractivity contribution in [2.45, 2.75) is 51.7 Å². The molecule has 1 aliphatic carbocycles. The molecule has 0 saturated carbocycles. The first kappa shape index (κ1) is 20.6. The van der Waals surface area contributed by atoms with Gasteiger partial charge in [-0.15, -0.1) is 0 Å². The van der Waals surface area contributed by atoms with Gasteiger partial charge in [0, 0.05) is 50.0 Å². The lowest BCUT2D eigenvalue weighted by molar-refractivity contribution is 0.0754. The van der Waals surface area contributed by atoms with Gasteiger partial charge in [0.05, 0.1) is 0 Å². The zero-order chi connectivity index (χ0) is 20.4. The number of carbonyl (C=O) groups excluding carboxylic acids is 1. The van der Waals surface area contributed by atoms with E-state index in [1.165, 1.54) is 16.8 Å². The molecule has 1 unspecified atom stereocenters. The maximum Gasteiger partial charge on any atom is 0.274 e. The van der Waals surface area contributed by atoms with Crippen LogP contribution in [0, 0.1) is 0 Å². The van der Waals surface area contributed by atoms with Crippen LogP contribution in [0.25, 0.3) is 0 Å². The summed E-state index contributed by atoms with van der Waals surface area (Å²) in [6.45, 7) is 7.54. The van der Waals surface area contributed by atoms with Crippen LogP contribution in [-0.4, -0.2) is 76.7 Å². The van der Waals surface area contributed by atoms with Crippen molar-refractivity contribution in [1.29, 1.82) is 0 Å². The Kier molecular flexibility index (Phi) is 6.37. The first-order chi connectivity index (χ1) is 14.1. The summed E-state index contributed by atoms with van der Waals surface area (Å²) in [5.41, 5.74) is 4.56. The van der Waals surface area contributed by atoms with E-state index in [0.29, 0.717) is 11.7 Å². The number of carbonyl (C=O) groups is 1. The molecule has 4 rings (SSSR count). The van der Waals surface area contributed by atoms with Gasteiger partial charge < -0.3 is 9.80 Å². The quantitative estimate of drug-likeness (QED) is 0.753. The van der Waals surface area contributed by atoms with Gasteiger partial charge in [0.25, 0.3) is 5.91 Å². The summed E-state index contributed by atoms with van der Waals surface area (Å²) >= 11 is 1.75. The first-order valence-electron chi connectivity index (χ1n) is 10.8. The smallest absolute Gasteiger partial charge is 0.274 e. The van der Waals surface area contributed by atoms with E-state index < -0.39 is 0 Å². The highest BCUT2D eigenvalue weighted by atomic mass is 32.1. The molecular formula is C22H33N5OS. The molecule has 1 atom stereocenters. The second kappa shape index (κ2) is 8.98. The van der Waals surface area contributed by atoms with Crippen molar-refractivity contribution in [3.05, 3.63) is 39.3 Å². The molecule has 0 bridgehead atoms. The van der Waals surface area contributed by atoms with Gasteiger partial charge >= 0.3 is 0 Å². The third-order valence-electron chi connectivity index (χ3n) is 6.46. The molecule has 6 nitrogen and oxygen atoms in total. The lowest BCUT2D eigenvalue weighted by atomic mass is 9.90. The van der Waals surface area contributed by atoms with Crippen LogP contribution in [0.1, 0.15) is 47.1 Å². The van der Waals surface area contributed by atoms with E-state index in [1.54, 1.807) is 11.3 Å². The number of fused-ring (bicyclic) bond motifs is 1. The van der Waals surface area contributed by atoms with Gasteiger partial charge in [0.15, 0.2) is 5.69 Å². The van der Waals surface area contributed by atoms with Crippen LogP contribution in [0.15, 0.2) is 16.8 Å². The largest absolute Gasteiger partial charge is 0.336 e. The molecule has 1 fully saturated rings. The molecule has 2 aliphatic rings. The zero-order valence-electron chi connectivity index (χ0n) is 17.9. The molecule has 2 aromatic heterocycles. The summed E-state index contributed by atoms with van der Waals surface area (Å²) in [5.74, 6) is 0.130. The summed E-state index contributed by atoms with van der Waals surface area (Å²) in [6, 6.07) is 2.66. The minimum Gasteiger partial charge on any atom is -0.336 e. The van der Waals surface area contributed by atoms with E-state index in [9.17, 15) is 4.79 Å². The monoisotopic (exact) mass is 415 g/mol. The molecule has 0 aromatic carbocycles. The molecule has 1 saturated heterocycles. The zero-order valence-corrected chi connectivity index (χ0v) is 18.7. The normalized spacial score (nSPS) is 20.7. The van der Waals surface area contributed by atoms with E-state index in [-0.39, 0.29) is 5.91 Å². The number of hydrogen-bond donors (Lipinski definition) is 0. The maximum absolute atomic E-state index is 13.4. The molecule has 0 spiro atoms. The summed E-state index contributed by atoms with van der Waals surface area (Å²) < 4.78 is 2.07. The Morgan fingerprint density at radius 2 is 2.17 bits per heavy atom. The van der Waals surface area contributed by atoms with Gasteiger partial charge in [0.2, 0.25) is 0 Å². The van der Waals surface area contributed by atoms with Crippen LogP contribution in [-0.2, 0) is 25.9 Å². The third kappa shape index (κ3) is 4.42. The van der Waals surface area contributed by atoms with Crippen LogP contribution in [0.4, 0.5) is 0 Å². The fourth-order valence-electron chi connectivity index (χ4n) is 4.68. The standard InChI is InChI=1S/C22H33N5OS/c1-4-27-20-7-6-18(25(3)15-17-8-13-29-16-17)14-19(20)21(23-27)22(28)26-10-5-9-24(2)11-12-26/h8,13,16,18H,4-7,9-12,14-15H2,1-3H3.